The summed E-state index contributed by atoms with van der Waals surface area (Å²) in [4.78, 5) is 4.21. The van der Waals surface area contributed by atoms with Crippen molar-refractivity contribution < 1.29 is 0 Å². The second-order valence-electron chi connectivity index (χ2n) is 2.41. The molecule has 0 amide bonds. The molecule has 0 aliphatic rings. The lowest BCUT2D eigenvalue weighted by Crippen LogP contribution is -2.04. The van der Waals surface area contributed by atoms with Gasteiger partial charge in [-0.25, -0.2) is 0 Å². The average molecular weight is 148 g/mol. The summed E-state index contributed by atoms with van der Waals surface area (Å²) in [6.07, 6.45) is 3.53. The monoisotopic (exact) mass is 148 g/mol. The third-order valence-electron chi connectivity index (χ3n) is 1.40. The summed E-state index contributed by atoms with van der Waals surface area (Å²) in [5.41, 5.74) is 2.22. The quantitative estimate of drug-likeness (QED) is 0.704. The van der Waals surface area contributed by atoms with Crippen LogP contribution in [0.4, 0.5) is 0 Å². The summed E-state index contributed by atoms with van der Waals surface area (Å²) in [6.45, 7) is 6.33. The van der Waals surface area contributed by atoms with Crippen LogP contribution in [0.5, 0.6) is 0 Å². The van der Waals surface area contributed by atoms with Gasteiger partial charge < -0.3 is 5.32 Å². The molecule has 0 bridgehead atoms. The number of hydrogen-bond acceptors (Lipinski definition) is 2. The van der Waals surface area contributed by atoms with E-state index in [-0.39, 0.29) is 0 Å². The lowest BCUT2D eigenvalue weighted by Gasteiger charge is -1.99. The van der Waals surface area contributed by atoms with Crippen molar-refractivity contribution in [2.24, 2.45) is 0 Å². The van der Waals surface area contributed by atoms with Crippen LogP contribution in [0.25, 0.3) is 0 Å². The van der Waals surface area contributed by atoms with Gasteiger partial charge in [0, 0.05) is 6.20 Å². The van der Waals surface area contributed by atoms with E-state index in [9.17, 15) is 0 Å². The third-order valence-corrected chi connectivity index (χ3v) is 1.40. The Balaban J connectivity index is 2.58. The number of nitrogens with one attached hydrogen (secondary N) is 1. The predicted molar refractivity (Wildman–Crippen MR) is 46.0 cm³/mol. The maximum atomic E-state index is 4.21. The molecule has 1 N–H and O–H groups in total. The van der Waals surface area contributed by atoms with Crippen LogP contribution >= 0.6 is 0 Å². The van der Waals surface area contributed by atoms with E-state index in [4.69, 9.17) is 0 Å². The van der Waals surface area contributed by atoms with Crippen molar-refractivity contribution in [2.45, 2.75) is 13.5 Å². The molecule has 0 unspecified atom stereocenters. The number of aryl methyl sites for hydroxylation is 1. The van der Waals surface area contributed by atoms with Crippen LogP contribution in [0.1, 0.15) is 11.3 Å². The summed E-state index contributed by atoms with van der Waals surface area (Å²) in [5.74, 6) is 0. The van der Waals surface area contributed by atoms with E-state index in [0.717, 1.165) is 12.2 Å². The Morgan fingerprint density at radius 1 is 1.64 bits per heavy atom. The van der Waals surface area contributed by atoms with Crippen LogP contribution in [0.15, 0.2) is 31.1 Å². The lowest BCUT2D eigenvalue weighted by atomic mass is 10.3. The normalized spacial score (nSPS) is 9.18. The molecule has 0 aliphatic carbocycles. The van der Waals surface area contributed by atoms with Crippen LogP contribution in [0.3, 0.4) is 0 Å². The summed E-state index contributed by atoms with van der Waals surface area (Å²) >= 11 is 0. The maximum absolute atomic E-state index is 4.21. The lowest BCUT2D eigenvalue weighted by molar-refractivity contribution is 0.836. The molecule has 0 saturated carbocycles. The third kappa shape index (κ3) is 2.42. The van der Waals surface area contributed by atoms with Gasteiger partial charge in [0.05, 0.1) is 12.2 Å². The first-order valence-electron chi connectivity index (χ1n) is 3.59. The molecule has 0 atom stereocenters. The van der Waals surface area contributed by atoms with Crippen LogP contribution in [0, 0.1) is 6.92 Å². The van der Waals surface area contributed by atoms with Crippen LogP contribution in [-0.2, 0) is 6.54 Å². The molecule has 58 valence electrons. The van der Waals surface area contributed by atoms with E-state index >= 15 is 0 Å². The van der Waals surface area contributed by atoms with Gasteiger partial charge in [-0.3, -0.25) is 4.98 Å². The Morgan fingerprint density at radius 2 is 2.45 bits per heavy atom. The van der Waals surface area contributed by atoms with E-state index in [2.05, 4.69) is 16.9 Å². The van der Waals surface area contributed by atoms with Crippen molar-refractivity contribution in [2.75, 3.05) is 0 Å². The standard InChI is InChI=1S/C9H12N2/c1-3-10-7-9-5-4-8(2)6-11-9/h3-6,10H,1,7H2,2H3. The number of rotatable bonds is 3. The minimum absolute atomic E-state index is 0.754. The van der Waals surface area contributed by atoms with Crippen LogP contribution in [-0.4, -0.2) is 4.98 Å². The second kappa shape index (κ2) is 3.76. The second-order valence-corrected chi connectivity index (χ2v) is 2.41. The first kappa shape index (κ1) is 7.79. The molecule has 0 fully saturated rings. The van der Waals surface area contributed by atoms with Gasteiger partial charge in [0.15, 0.2) is 0 Å². The highest BCUT2D eigenvalue weighted by Crippen LogP contribution is 1.97. The van der Waals surface area contributed by atoms with Crippen molar-refractivity contribution in [1.29, 1.82) is 0 Å². The van der Waals surface area contributed by atoms with Gasteiger partial charge in [0.1, 0.15) is 0 Å². The van der Waals surface area contributed by atoms with E-state index in [0.29, 0.717) is 0 Å². The van der Waals surface area contributed by atoms with Gasteiger partial charge in [-0.2, -0.15) is 0 Å². The zero-order valence-electron chi connectivity index (χ0n) is 6.67. The summed E-state index contributed by atoms with van der Waals surface area (Å²) in [7, 11) is 0. The van der Waals surface area contributed by atoms with E-state index in [1.165, 1.54) is 5.56 Å². The molecule has 2 heteroatoms. The molecular weight excluding hydrogens is 136 g/mol. The molecule has 0 aromatic carbocycles. The number of aromatic nitrogens is 1. The Labute approximate surface area is 67.0 Å². The summed E-state index contributed by atoms with van der Waals surface area (Å²) in [6, 6.07) is 4.05. The molecule has 0 spiro atoms. The SMILES string of the molecule is C=CNCc1ccc(C)cn1. The maximum Gasteiger partial charge on any atom is 0.0594 e. The molecule has 11 heavy (non-hydrogen) atoms. The predicted octanol–water partition coefficient (Wildman–Crippen LogP) is 1.62. The Hall–Kier alpha value is -1.31. The van der Waals surface area contributed by atoms with Crippen LogP contribution in [0.2, 0.25) is 0 Å². The molecule has 1 aromatic rings. The minimum atomic E-state index is 0.754. The highest BCUT2D eigenvalue weighted by molar-refractivity contribution is 5.12. The van der Waals surface area contributed by atoms with Crippen molar-refractivity contribution in [3.8, 4) is 0 Å². The van der Waals surface area contributed by atoms with Crippen molar-refractivity contribution in [3.05, 3.63) is 42.4 Å². The molecule has 0 radical (unpaired) electrons. The molecule has 0 saturated heterocycles. The zero-order valence-corrected chi connectivity index (χ0v) is 6.67. The number of pyridine rings is 1. The van der Waals surface area contributed by atoms with E-state index < -0.39 is 0 Å². The highest BCUT2D eigenvalue weighted by atomic mass is 14.9. The molecule has 2 nitrogen and oxygen atoms in total. The van der Waals surface area contributed by atoms with Crippen LogP contribution < -0.4 is 5.32 Å². The summed E-state index contributed by atoms with van der Waals surface area (Å²) in [5, 5.41) is 2.99. The van der Waals surface area contributed by atoms with Gasteiger partial charge in [0.2, 0.25) is 0 Å². The van der Waals surface area contributed by atoms with Gasteiger partial charge in [-0.1, -0.05) is 12.6 Å². The van der Waals surface area contributed by atoms with Gasteiger partial charge >= 0.3 is 0 Å². The van der Waals surface area contributed by atoms with Gasteiger partial charge in [-0.15, -0.1) is 0 Å². The Morgan fingerprint density at radius 3 is 3.00 bits per heavy atom. The Bertz CT molecular complexity index is 226. The molecule has 0 aliphatic heterocycles. The average Bonchev–Trinajstić information content (AvgIpc) is 2.04. The fourth-order valence-electron chi connectivity index (χ4n) is 0.780. The number of hydrogen-bond donors (Lipinski definition) is 1. The van der Waals surface area contributed by atoms with Crippen molar-refractivity contribution in [1.82, 2.24) is 10.3 Å². The van der Waals surface area contributed by atoms with Crippen molar-refractivity contribution >= 4 is 0 Å². The fourth-order valence-corrected chi connectivity index (χ4v) is 0.780. The first-order chi connectivity index (χ1) is 5.33. The molecular formula is C9H12N2. The molecule has 1 aromatic heterocycles. The first-order valence-corrected chi connectivity index (χ1v) is 3.59. The molecule has 1 heterocycles. The van der Waals surface area contributed by atoms with Gasteiger partial charge in [0.25, 0.3) is 0 Å². The zero-order chi connectivity index (χ0) is 8.10. The largest absolute Gasteiger partial charge is 0.386 e. The fraction of sp³-hybridized carbons (Fsp3) is 0.222. The minimum Gasteiger partial charge on any atom is -0.386 e. The topological polar surface area (TPSA) is 24.9 Å². The van der Waals surface area contributed by atoms with Crippen molar-refractivity contribution in [3.63, 3.8) is 0 Å². The highest BCUT2D eigenvalue weighted by Gasteiger charge is 1.89. The summed E-state index contributed by atoms with van der Waals surface area (Å²) < 4.78 is 0. The number of nitrogens with zero attached hydrogens (tertiary/aromatic N) is 1. The molecule has 1 rings (SSSR count). The smallest absolute Gasteiger partial charge is 0.0594 e. The van der Waals surface area contributed by atoms with E-state index in [1.807, 2.05) is 25.3 Å². The Kier molecular flexibility index (Phi) is 2.66. The van der Waals surface area contributed by atoms with E-state index in [1.54, 1.807) is 6.20 Å². The van der Waals surface area contributed by atoms with Gasteiger partial charge in [-0.05, 0) is 24.8 Å².